The van der Waals surface area contributed by atoms with Gasteiger partial charge in [-0.2, -0.15) is 0 Å². The van der Waals surface area contributed by atoms with Crippen LogP contribution in [0.1, 0.15) is 34.6 Å². The number of nitrogens with one attached hydrogen (secondary N) is 2. The lowest BCUT2D eigenvalue weighted by atomic mass is 10.0. The second kappa shape index (κ2) is 11.2. The molecule has 0 spiro atoms. The van der Waals surface area contributed by atoms with Crippen LogP contribution in [0.15, 0.2) is 60.0 Å². The molecule has 3 aromatic rings. The Morgan fingerprint density at radius 1 is 0.939 bits per heavy atom. The predicted molar refractivity (Wildman–Crippen MR) is 131 cm³/mol. The molecule has 7 heteroatoms. The molecule has 0 saturated carbocycles. The summed E-state index contributed by atoms with van der Waals surface area (Å²) in [6.07, 6.45) is 0. The minimum atomic E-state index is -0.740. The molecule has 2 amide bonds. The number of anilines is 1. The molecule has 0 aliphatic rings. The fourth-order valence-corrected chi connectivity index (χ4v) is 3.65. The lowest BCUT2D eigenvalue weighted by Gasteiger charge is -2.22. The first-order valence-electron chi connectivity index (χ1n) is 10.4. The Hall–Kier alpha value is -3.76. The number of rotatable bonds is 7. The summed E-state index contributed by atoms with van der Waals surface area (Å²) in [4.78, 5) is 26.9. The SMILES string of the molecule is COc1cc(OC)cc(C(=O)N[C@H](C(=O)Nc2cccc(C#Cc3cccs3)c2)C(C)C)c1. The van der Waals surface area contributed by atoms with E-state index in [0.29, 0.717) is 22.7 Å². The van der Waals surface area contributed by atoms with Crippen molar-refractivity contribution in [2.24, 2.45) is 5.92 Å². The third-order valence-corrected chi connectivity index (χ3v) is 5.62. The summed E-state index contributed by atoms with van der Waals surface area (Å²) in [5.74, 6) is 6.35. The van der Waals surface area contributed by atoms with Gasteiger partial charge < -0.3 is 20.1 Å². The topological polar surface area (TPSA) is 76.7 Å². The molecule has 0 radical (unpaired) electrons. The molecule has 0 fully saturated rings. The molecule has 3 rings (SSSR count). The number of hydrogen-bond acceptors (Lipinski definition) is 5. The van der Waals surface area contributed by atoms with E-state index in [1.54, 1.807) is 35.6 Å². The fraction of sp³-hybridized carbons (Fsp3) is 0.231. The Bertz CT molecular complexity index is 1150. The van der Waals surface area contributed by atoms with Crippen LogP contribution in [0.4, 0.5) is 5.69 Å². The van der Waals surface area contributed by atoms with E-state index < -0.39 is 11.9 Å². The van der Waals surface area contributed by atoms with Gasteiger partial charge in [-0.3, -0.25) is 9.59 Å². The van der Waals surface area contributed by atoms with Gasteiger partial charge in [0, 0.05) is 22.9 Å². The molecule has 0 unspecified atom stereocenters. The first-order valence-corrected chi connectivity index (χ1v) is 11.3. The lowest BCUT2D eigenvalue weighted by molar-refractivity contribution is -0.118. The molecule has 6 nitrogen and oxygen atoms in total. The van der Waals surface area contributed by atoms with Crippen molar-refractivity contribution in [2.45, 2.75) is 19.9 Å². The highest BCUT2D eigenvalue weighted by Gasteiger charge is 2.25. The fourth-order valence-electron chi connectivity index (χ4n) is 3.08. The molecule has 0 bridgehead atoms. The summed E-state index contributed by atoms with van der Waals surface area (Å²) in [7, 11) is 3.03. The van der Waals surface area contributed by atoms with Crippen LogP contribution in [0.2, 0.25) is 0 Å². The van der Waals surface area contributed by atoms with Crippen molar-refractivity contribution in [3.8, 4) is 23.3 Å². The standard InChI is InChI=1S/C26H26N2O4S/c1-17(2)24(28-25(29)19-14-21(31-3)16-22(15-19)32-4)26(30)27-20-8-5-7-18(13-20)10-11-23-9-6-12-33-23/h5-9,12-17,24H,1-4H3,(H,27,30)(H,28,29)/t24-/m0/s1. The smallest absolute Gasteiger partial charge is 0.252 e. The molecule has 0 aliphatic carbocycles. The number of carbonyl (C=O) groups excluding carboxylic acids is 2. The second-order valence-corrected chi connectivity index (χ2v) is 8.54. The molecular formula is C26H26N2O4S. The molecule has 170 valence electrons. The van der Waals surface area contributed by atoms with Crippen molar-refractivity contribution in [2.75, 3.05) is 19.5 Å². The van der Waals surface area contributed by atoms with Crippen molar-refractivity contribution in [3.05, 3.63) is 76.0 Å². The zero-order valence-corrected chi connectivity index (χ0v) is 19.8. The zero-order valence-electron chi connectivity index (χ0n) is 19.0. The number of thiophene rings is 1. The largest absolute Gasteiger partial charge is 0.497 e. The molecule has 33 heavy (non-hydrogen) atoms. The van der Waals surface area contributed by atoms with Crippen molar-refractivity contribution in [1.82, 2.24) is 5.32 Å². The molecule has 2 aromatic carbocycles. The lowest BCUT2D eigenvalue weighted by Crippen LogP contribution is -2.47. The van der Waals surface area contributed by atoms with Crippen molar-refractivity contribution >= 4 is 28.8 Å². The van der Waals surface area contributed by atoms with Crippen LogP contribution >= 0.6 is 11.3 Å². The third kappa shape index (κ3) is 6.61. The van der Waals surface area contributed by atoms with Crippen LogP contribution < -0.4 is 20.1 Å². The van der Waals surface area contributed by atoms with E-state index >= 15 is 0 Å². The average Bonchev–Trinajstić information content (AvgIpc) is 3.34. The maximum atomic E-state index is 13.0. The summed E-state index contributed by atoms with van der Waals surface area (Å²) in [6.45, 7) is 3.75. The van der Waals surface area contributed by atoms with Crippen LogP contribution in [-0.2, 0) is 4.79 Å². The van der Waals surface area contributed by atoms with Crippen LogP contribution in [0.25, 0.3) is 0 Å². The third-order valence-electron chi connectivity index (χ3n) is 4.83. The highest BCUT2D eigenvalue weighted by molar-refractivity contribution is 7.10. The Morgan fingerprint density at radius 3 is 2.27 bits per heavy atom. The van der Waals surface area contributed by atoms with E-state index in [2.05, 4.69) is 22.5 Å². The van der Waals surface area contributed by atoms with Crippen molar-refractivity contribution in [3.63, 3.8) is 0 Å². The van der Waals surface area contributed by atoms with Crippen LogP contribution in [0.3, 0.4) is 0 Å². The number of hydrogen-bond donors (Lipinski definition) is 2. The van der Waals surface area contributed by atoms with Crippen molar-refractivity contribution < 1.29 is 19.1 Å². The Labute approximate surface area is 197 Å². The van der Waals surface area contributed by atoms with E-state index in [1.165, 1.54) is 14.2 Å². The van der Waals surface area contributed by atoms with E-state index in [9.17, 15) is 9.59 Å². The van der Waals surface area contributed by atoms with Gasteiger partial charge >= 0.3 is 0 Å². The summed E-state index contributed by atoms with van der Waals surface area (Å²) in [6, 6.07) is 15.4. The summed E-state index contributed by atoms with van der Waals surface area (Å²) < 4.78 is 10.5. The van der Waals surface area contributed by atoms with Gasteiger partial charge in [0.2, 0.25) is 5.91 Å². The van der Waals surface area contributed by atoms with Gasteiger partial charge in [-0.15, -0.1) is 11.3 Å². The zero-order chi connectivity index (χ0) is 23.8. The minimum Gasteiger partial charge on any atom is -0.497 e. The second-order valence-electron chi connectivity index (χ2n) is 7.59. The molecule has 2 N–H and O–H groups in total. The van der Waals surface area contributed by atoms with E-state index in [-0.39, 0.29) is 11.8 Å². The van der Waals surface area contributed by atoms with Gasteiger partial charge in [0.05, 0.1) is 19.1 Å². The van der Waals surface area contributed by atoms with Gasteiger partial charge in [-0.25, -0.2) is 0 Å². The Kier molecular flexibility index (Phi) is 8.11. The van der Waals surface area contributed by atoms with E-state index in [0.717, 1.165) is 10.4 Å². The number of benzene rings is 2. The Balaban J connectivity index is 1.73. The van der Waals surface area contributed by atoms with E-state index in [4.69, 9.17) is 9.47 Å². The highest BCUT2D eigenvalue weighted by Crippen LogP contribution is 2.23. The molecule has 1 heterocycles. The first-order chi connectivity index (χ1) is 15.9. The highest BCUT2D eigenvalue weighted by atomic mass is 32.1. The quantitative estimate of drug-likeness (QED) is 0.505. The number of ether oxygens (including phenoxy) is 2. The van der Waals surface area contributed by atoms with Gasteiger partial charge in [-0.1, -0.05) is 37.8 Å². The van der Waals surface area contributed by atoms with Gasteiger partial charge in [0.15, 0.2) is 0 Å². The maximum Gasteiger partial charge on any atom is 0.252 e. The number of methoxy groups -OCH3 is 2. The molecule has 0 saturated heterocycles. The predicted octanol–water partition coefficient (Wildman–Crippen LogP) is 4.56. The van der Waals surface area contributed by atoms with Crippen LogP contribution in [0.5, 0.6) is 11.5 Å². The van der Waals surface area contributed by atoms with Crippen LogP contribution in [-0.4, -0.2) is 32.1 Å². The minimum absolute atomic E-state index is 0.136. The average molecular weight is 463 g/mol. The summed E-state index contributed by atoms with van der Waals surface area (Å²) in [5, 5.41) is 7.69. The van der Waals surface area contributed by atoms with Gasteiger partial charge in [0.1, 0.15) is 17.5 Å². The molecule has 1 aromatic heterocycles. The summed E-state index contributed by atoms with van der Waals surface area (Å²) in [5.41, 5.74) is 1.74. The van der Waals surface area contributed by atoms with Gasteiger partial charge in [0.25, 0.3) is 5.91 Å². The number of amides is 2. The molecule has 1 atom stereocenters. The monoisotopic (exact) mass is 462 g/mol. The molecule has 0 aliphatic heterocycles. The Morgan fingerprint density at radius 2 is 1.67 bits per heavy atom. The summed E-state index contributed by atoms with van der Waals surface area (Å²) >= 11 is 1.57. The van der Waals surface area contributed by atoms with Crippen LogP contribution in [0, 0.1) is 17.8 Å². The first kappa shape index (κ1) is 23.9. The normalized spacial score (nSPS) is 11.2. The van der Waals surface area contributed by atoms with E-state index in [1.807, 2.05) is 49.6 Å². The molecular weight excluding hydrogens is 436 g/mol. The van der Waals surface area contributed by atoms with Gasteiger partial charge in [-0.05, 0) is 47.7 Å². The van der Waals surface area contributed by atoms with Crippen molar-refractivity contribution in [1.29, 1.82) is 0 Å². The maximum absolute atomic E-state index is 13.0. The number of carbonyl (C=O) groups is 2.